The standard InChI is InChI=1S/C13H10N4O2/c1-9-5-4-8-16-13(9)14-12(15-16)10-6-2-3-7-11(10)17(18)19/h2-8H,1H3. The molecule has 0 saturated carbocycles. The SMILES string of the molecule is Cc1cccn2nc(-c3ccccc3[N+](=O)[O-])nc12. The molecule has 0 spiro atoms. The highest BCUT2D eigenvalue weighted by molar-refractivity contribution is 5.69. The van der Waals surface area contributed by atoms with Crippen LogP contribution >= 0.6 is 0 Å². The van der Waals surface area contributed by atoms with Crippen molar-refractivity contribution in [3.8, 4) is 11.4 Å². The monoisotopic (exact) mass is 254 g/mol. The van der Waals surface area contributed by atoms with Gasteiger partial charge in [0.2, 0.25) is 0 Å². The first-order valence-electron chi connectivity index (χ1n) is 5.72. The zero-order valence-electron chi connectivity index (χ0n) is 10.1. The van der Waals surface area contributed by atoms with Crippen LogP contribution in [0, 0.1) is 17.0 Å². The second-order valence-corrected chi connectivity index (χ2v) is 4.17. The van der Waals surface area contributed by atoms with Gasteiger partial charge in [-0.05, 0) is 24.6 Å². The molecule has 0 aliphatic rings. The Hall–Kier alpha value is -2.76. The minimum absolute atomic E-state index is 0.0102. The van der Waals surface area contributed by atoms with Crippen LogP contribution in [0.5, 0.6) is 0 Å². The molecule has 3 rings (SSSR count). The summed E-state index contributed by atoms with van der Waals surface area (Å²) in [4.78, 5) is 15.0. The van der Waals surface area contributed by atoms with Crippen molar-refractivity contribution in [3.05, 3.63) is 58.3 Å². The minimum atomic E-state index is -0.423. The summed E-state index contributed by atoms with van der Waals surface area (Å²) in [7, 11) is 0. The van der Waals surface area contributed by atoms with Crippen LogP contribution in [-0.2, 0) is 0 Å². The lowest BCUT2D eigenvalue weighted by Gasteiger charge is -1.96. The molecule has 0 fully saturated rings. The lowest BCUT2D eigenvalue weighted by Crippen LogP contribution is -1.93. The molecule has 0 unspecified atom stereocenters. The maximum Gasteiger partial charge on any atom is 0.280 e. The molecular formula is C13H10N4O2. The normalized spacial score (nSPS) is 10.8. The molecule has 6 nitrogen and oxygen atoms in total. The lowest BCUT2D eigenvalue weighted by molar-refractivity contribution is -0.384. The number of rotatable bonds is 2. The molecule has 3 aromatic rings. The summed E-state index contributed by atoms with van der Waals surface area (Å²) >= 11 is 0. The van der Waals surface area contributed by atoms with Gasteiger partial charge in [-0.1, -0.05) is 18.2 Å². The zero-order chi connectivity index (χ0) is 13.4. The first-order chi connectivity index (χ1) is 9.16. The predicted molar refractivity (Wildman–Crippen MR) is 69.8 cm³/mol. The number of nitro groups is 1. The Bertz CT molecular complexity index is 779. The minimum Gasteiger partial charge on any atom is -0.258 e. The predicted octanol–water partition coefficient (Wildman–Crippen LogP) is 2.61. The number of pyridine rings is 1. The van der Waals surface area contributed by atoms with Gasteiger partial charge in [-0.15, -0.1) is 5.10 Å². The second-order valence-electron chi connectivity index (χ2n) is 4.17. The first-order valence-corrected chi connectivity index (χ1v) is 5.72. The molecule has 0 aliphatic heterocycles. The van der Waals surface area contributed by atoms with E-state index in [4.69, 9.17) is 0 Å². The number of benzene rings is 1. The Labute approximate surface area is 108 Å². The van der Waals surface area contributed by atoms with Gasteiger partial charge in [0.05, 0.1) is 10.5 Å². The molecule has 2 aromatic heterocycles. The van der Waals surface area contributed by atoms with Crippen LogP contribution in [-0.4, -0.2) is 19.5 Å². The fraction of sp³-hybridized carbons (Fsp3) is 0.0769. The van der Waals surface area contributed by atoms with E-state index in [9.17, 15) is 10.1 Å². The number of nitro benzene ring substituents is 1. The van der Waals surface area contributed by atoms with Crippen LogP contribution < -0.4 is 0 Å². The number of aryl methyl sites for hydroxylation is 1. The number of para-hydroxylation sites is 1. The van der Waals surface area contributed by atoms with Gasteiger partial charge < -0.3 is 0 Å². The van der Waals surface area contributed by atoms with Gasteiger partial charge in [0.25, 0.3) is 5.69 Å². The molecule has 0 amide bonds. The Morgan fingerprint density at radius 1 is 1.21 bits per heavy atom. The number of hydrogen-bond donors (Lipinski definition) is 0. The maximum absolute atomic E-state index is 11.0. The Morgan fingerprint density at radius 2 is 2.00 bits per heavy atom. The molecule has 0 bridgehead atoms. The van der Waals surface area contributed by atoms with Gasteiger partial charge >= 0.3 is 0 Å². The molecule has 0 atom stereocenters. The average Bonchev–Trinajstić information content (AvgIpc) is 2.84. The quantitative estimate of drug-likeness (QED) is 0.520. The summed E-state index contributed by atoms with van der Waals surface area (Å²) in [6, 6.07) is 10.3. The fourth-order valence-corrected chi connectivity index (χ4v) is 1.98. The van der Waals surface area contributed by atoms with Crippen LogP contribution in [0.3, 0.4) is 0 Å². The fourth-order valence-electron chi connectivity index (χ4n) is 1.98. The van der Waals surface area contributed by atoms with Gasteiger partial charge in [-0.2, -0.15) is 0 Å². The Balaban J connectivity index is 2.25. The van der Waals surface area contributed by atoms with E-state index in [1.165, 1.54) is 6.07 Å². The zero-order valence-corrected chi connectivity index (χ0v) is 10.1. The number of fused-ring (bicyclic) bond motifs is 1. The molecule has 0 aliphatic carbocycles. The van der Waals surface area contributed by atoms with Crippen molar-refractivity contribution >= 4 is 11.3 Å². The smallest absolute Gasteiger partial charge is 0.258 e. The average molecular weight is 254 g/mol. The van der Waals surface area contributed by atoms with Crippen molar-refractivity contribution in [3.63, 3.8) is 0 Å². The molecule has 19 heavy (non-hydrogen) atoms. The summed E-state index contributed by atoms with van der Waals surface area (Å²) in [5.74, 6) is 0.363. The third kappa shape index (κ3) is 1.83. The topological polar surface area (TPSA) is 73.3 Å². The van der Waals surface area contributed by atoms with Crippen LogP contribution in [0.25, 0.3) is 17.0 Å². The maximum atomic E-state index is 11.0. The highest BCUT2D eigenvalue weighted by Crippen LogP contribution is 2.27. The summed E-state index contributed by atoms with van der Waals surface area (Å²) in [6.45, 7) is 1.92. The largest absolute Gasteiger partial charge is 0.280 e. The highest BCUT2D eigenvalue weighted by atomic mass is 16.6. The molecule has 2 heterocycles. The number of hydrogen-bond acceptors (Lipinski definition) is 4. The highest BCUT2D eigenvalue weighted by Gasteiger charge is 2.18. The van der Waals surface area contributed by atoms with Gasteiger partial charge in [0.1, 0.15) is 0 Å². The summed E-state index contributed by atoms with van der Waals surface area (Å²) in [5.41, 5.74) is 2.11. The Kier molecular flexibility index (Phi) is 2.49. The van der Waals surface area contributed by atoms with E-state index in [-0.39, 0.29) is 5.69 Å². The van der Waals surface area contributed by atoms with Crippen molar-refractivity contribution in [2.24, 2.45) is 0 Å². The Morgan fingerprint density at radius 3 is 2.74 bits per heavy atom. The van der Waals surface area contributed by atoms with Gasteiger partial charge in [-0.3, -0.25) is 10.1 Å². The van der Waals surface area contributed by atoms with Gasteiger partial charge in [-0.25, -0.2) is 9.50 Å². The molecule has 0 saturated heterocycles. The summed E-state index contributed by atoms with van der Waals surface area (Å²) in [6.07, 6.45) is 1.77. The van der Waals surface area contributed by atoms with Crippen LogP contribution in [0.15, 0.2) is 42.6 Å². The van der Waals surface area contributed by atoms with E-state index in [1.54, 1.807) is 28.9 Å². The molecule has 6 heteroatoms. The second kappa shape index (κ2) is 4.16. The van der Waals surface area contributed by atoms with E-state index in [0.29, 0.717) is 17.0 Å². The van der Waals surface area contributed by atoms with E-state index in [1.807, 2.05) is 19.1 Å². The molecule has 1 aromatic carbocycles. The molecular weight excluding hydrogens is 244 g/mol. The van der Waals surface area contributed by atoms with Gasteiger partial charge in [0.15, 0.2) is 11.5 Å². The van der Waals surface area contributed by atoms with Crippen LogP contribution in [0.4, 0.5) is 5.69 Å². The van der Waals surface area contributed by atoms with E-state index < -0.39 is 4.92 Å². The van der Waals surface area contributed by atoms with E-state index in [2.05, 4.69) is 10.1 Å². The molecule has 0 N–H and O–H groups in total. The molecule has 0 radical (unpaired) electrons. The van der Waals surface area contributed by atoms with E-state index >= 15 is 0 Å². The number of nitrogens with zero attached hydrogens (tertiary/aromatic N) is 4. The lowest BCUT2D eigenvalue weighted by atomic mass is 10.2. The summed E-state index contributed by atoms with van der Waals surface area (Å²) < 4.78 is 1.63. The summed E-state index contributed by atoms with van der Waals surface area (Å²) in [5, 5.41) is 15.3. The van der Waals surface area contributed by atoms with Gasteiger partial charge in [0, 0.05) is 12.3 Å². The number of aromatic nitrogens is 3. The van der Waals surface area contributed by atoms with E-state index in [0.717, 1.165) is 5.56 Å². The third-order valence-electron chi connectivity index (χ3n) is 2.90. The third-order valence-corrected chi connectivity index (χ3v) is 2.90. The first kappa shape index (κ1) is 11.3. The van der Waals surface area contributed by atoms with Crippen molar-refractivity contribution < 1.29 is 4.92 Å². The van der Waals surface area contributed by atoms with Crippen molar-refractivity contribution in [1.82, 2.24) is 14.6 Å². The molecule has 94 valence electrons. The van der Waals surface area contributed by atoms with Crippen molar-refractivity contribution in [1.29, 1.82) is 0 Å². The van der Waals surface area contributed by atoms with Crippen LogP contribution in [0.2, 0.25) is 0 Å². The van der Waals surface area contributed by atoms with Crippen molar-refractivity contribution in [2.75, 3.05) is 0 Å². The van der Waals surface area contributed by atoms with Crippen molar-refractivity contribution in [2.45, 2.75) is 6.92 Å². The van der Waals surface area contributed by atoms with Crippen LogP contribution in [0.1, 0.15) is 5.56 Å².